The summed E-state index contributed by atoms with van der Waals surface area (Å²) in [5.41, 5.74) is -0.336. The highest BCUT2D eigenvalue weighted by molar-refractivity contribution is 7.92. The Morgan fingerprint density at radius 2 is 1.52 bits per heavy atom. The van der Waals surface area contributed by atoms with E-state index in [-0.39, 0.29) is 27.1 Å². The molecule has 3 aromatic carbocycles. The molecule has 3 rings (SSSR count). The van der Waals surface area contributed by atoms with Crippen molar-refractivity contribution in [3.8, 4) is 11.5 Å². The van der Waals surface area contributed by atoms with E-state index in [2.05, 4.69) is 4.72 Å². The monoisotopic (exact) mass is 413 g/mol. The summed E-state index contributed by atoms with van der Waals surface area (Å²) in [6.07, 6.45) is 0. The maximum atomic E-state index is 14.3. The number of hydrogen-bond donors (Lipinski definition) is 1. The molecule has 0 radical (unpaired) electrons. The standard InChI is InChI=1S/C18H11ClF3NO3S/c19-15-7-3-12(21)9-18(15)26-13-4-8-17(16(22)10-13)23-27(24,25)14-5-1-11(20)2-6-14/h1-10,23H. The highest BCUT2D eigenvalue weighted by atomic mass is 35.5. The van der Waals surface area contributed by atoms with Crippen molar-refractivity contribution >= 4 is 27.3 Å². The smallest absolute Gasteiger partial charge is 0.261 e. The fourth-order valence-electron chi connectivity index (χ4n) is 2.14. The molecule has 0 heterocycles. The van der Waals surface area contributed by atoms with Gasteiger partial charge in [-0.05, 0) is 48.5 Å². The molecule has 0 atom stereocenters. The van der Waals surface area contributed by atoms with Crippen LogP contribution >= 0.6 is 11.6 Å². The van der Waals surface area contributed by atoms with Crippen molar-refractivity contribution in [2.75, 3.05) is 4.72 Å². The van der Waals surface area contributed by atoms with Gasteiger partial charge in [-0.2, -0.15) is 0 Å². The molecule has 0 spiro atoms. The van der Waals surface area contributed by atoms with Gasteiger partial charge in [0.25, 0.3) is 10.0 Å². The second-order valence-corrected chi connectivity index (χ2v) is 7.47. The molecule has 0 aliphatic heterocycles. The quantitative estimate of drug-likeness (QED) is 0.613. The lowest BCUT2D eigenvalue weighted by Crippen LogP contribution is -2.14. The molecule has 0 aliphatic rings. The van der Waals surface area contributed by atoms with Gasteiger partial charge in [-0.3, -0.25) is 4.72 Å². The van der Waals surface area contributed by atoms with Crippen LogP contribution in [0.15, 0.2) is 65.6 Å². The fraction of sp³-hybridized carbons (Fsp3) is 0. The Morgan fingerprint density at radius 1 is 0.852 bits per heavy atom. The molecule has 140 valence electrons. The first-order chi connectivity index (χ1) is 12.7. The second kappa shape index (κ2) is 7.50. The summed E-state index contributed by atoms with van der Waals surface area (Å²) in [7, 11) is -4.10. The number of anilines is 1. The normalized spacial score (nSPS) is 11.3. The Balaban J connectivity index is 1.82. The molecule has 9 heteroatoms. The molecule has 0 bridgehead atoms. The Labute approximate surface area is 158 Å². The van der Waals surface area contributed by atoms with E-state index in [0.717, 1.165) is 48.5 Å². The molecule has 4 nitrogen and oxygen atoms in total. The number of nitrogens with one attached hydrogen (secondary N) is 1. The van der Waals surface area contributed by atoms with Crippen molar-refractivity contribution in [3.05, 3.63) is 83.1 Å². The highest BCUT2D eigenvalue weighted by Crippen LogP contribution is 2.32. The van der Waals surface area contributed by atoms with E-state index in [9.17, 15) is 21.6 Å². The number of ether oxygens (including phenoxy) is 1. The minimum absolute atomic E-state index is 0.00951. The Kier molecular flexibility index (Phi) is 5.29. The van der Waals surface area contributed by atoms with Gasteiger partial charge in [-0.25, -0.2) is 21.6 Å². The van der Waals surface area contributed by atoms with Crippen LogP contribution in [-0.2, 0) is 10.0 Å². The summed E-state index contributed by atoms with van der Waals surface area (Å²) in [6.45, 7) is 0. The van der Waals surface area contributed by atoms with E-state index in [1.807, 2.05) is 0 Å². The second-order valence-electron chi connectivity index (χ2n) is 5.38. The van der Waals surface area contributed by atoms with Crippen LogP contribution in [0.5, 0.6) is 11.5 Å². The summed E-state index contributed by atoms with van der Waals surface area (Å²) >= 11 is 5.88. The molecule has 0 aliphatic carbocycles. The van der Waals surface area contributed by atoms with Gasteiger partial charge in [0.2, 0.25) is 0 Å². The number of hydrogen-bond acceptors (Lipinski definition) is 3. The van der Waals surface area contributed by atoms with Crippen molar-refractivity contribution in [2.45, 2.75) is 4.90 Å². The number of benzene rings is 3. The summed E-state index contributed by atoms with van der Waals surface area (Å²) in [5.74, 6) is -2.14. The molecular weight excluding hydrogens is 403 g/mol. The van der Waals surface area contributed by atoms with Gasteiger partial charge in [0.1, 0.15) is 23.1 Å². The predicted octanol–water partition coefficient (Wildman–Crippen LogP) is 5.35. The van der Waals surface area contributed by atoms with Gasteiger partial charge >= 0.3 is 0 Å². The molecular formula is C18H11ClF3NO3S. The third kappa shape index (κ3) is 4.53. The summed E-state index contributed by atoms with van der Waals surface area (Å²) in [4.78, 5) is -0.227. The van der Waals surface area contributed by atoms with E-state index in [0.29, 0.717) is 0 Å². The lowest BCUT2D eigenvalue weighted by molar-refractivity contribution is 0.472. The Bertz CT molecular complexity index is 1090. The third-order valence-corrected chi connectivity index (χ3v) is 5.12. The van der Waals surface area contributed by atoms with Gasteiger partial charge in [0.15, 0.2) is 5.82 Å². The first-order valence-corrected chi connectivity index (χ1v) is 9.31. The highest BCUT2D eigenvalue weighted by Gasteiger charge is 2.17. The van der Waals surface area contributed by atoms with E-state index in [4.69, 9.17) is 16.3 Å². The van der Waals surface area contributed by atoms with Crippen LogP contribution in [0.1, 0.15) is 0 Å². The fourth-order valence-corrected chi connectivity index (χ4v) is 3.37. The topological polar surface area (TPSA) is 55.4 Å². The van der Waals surface area contributed by atoms with E-state index in [1.54, 1.807) is 0 Å². The van der Waals surface area contributed by atoms with E-state index < -0.39 is 27.5 Å². The van der Waals surface area contributed by atoms with Crippen LogP contribution in [0.2, 0.25) is 5.02 Å². The zero-order valence-electron chi connectivity index (χ0n) is 13.4. The van der Waals surface area contributed by atoms with Crippen LogP contribution in [0.3, 0.4) is 0 Å². The predicted molar refractivity (Wildman–Crippen MR) is 95.1 cm³/mol. The summed E-state index contributed by atoms with van der Waals surface area (Å²) in [5, 5.41) is 0.123. The zero-order valence-corrected chi connectivity index (χ0v) is 15.0. The summed E-state index contributed by atoms with van der Waals surface area (Å²) in [6, 6.07) is 10.9. The molecule has 0 aromatic heterocycles. The van der Waals surface area contributed by atoms with Crippen LogP contribution in [-0.4, -0.2) is 8.42 Å². The third-order valence-electron chi connectivity index (χ3n) is 3.43. The van der Waals surface area contributed by atoms with Crippen molar-refractivity contribution < 1.29 is 26.3 Å². The van der Waals surface area contributed by atoms with Crippen LogP contribution in [0.4, 0.5) is 18.9 Å². The average Bonchev–Trinajstić information content (AvgIpc) is 2.61. The zero-order chi connectivity index (χ0) is 19.6. The largest absolute Gasteiger partial charge is 0.456 e. The van der Waals surface area contributed by atoms with Gasteiger partial charge in [-0.15, -0.1) is 0 Å². The Hall–Kier alpha value is -2.71. The molecule has 27 heavy (non-hydrogen) atoms. The molecule has 1 N–H and O–H groups in total. The summed E-state index contributed by atoms with van der Waals surface area (Å²) < 4.78 is 72.3. The van der Waals surface area contributed by atoms with Crippen molar-refractivity contribution in [1.82, 2.24) is 0 Å². The van der Waals surface area contributed by atoms with Crippen LogP contribution in [0.25, 0.3) is 0 Å². The first kappa shape index (κ1) is 19.1. The van der Waals surface area contributed by atoms with Gasteiger partial charge in [0.05, 0.1) is 15.6 Å². The number of rotatable bonds is 5. The minimum atomic E-state index is -4.10. The minimum Gasteiger partial charge on any atom is -0.456 e. The van der Waals surface area contributed by atoms with Crippen LogP contribution < -0.4 is 9.46 Å². The van der Waals surface area contributed by atoms with E-state index >= 15 is 0 Å². The van der Waals surface area contributed by atoms with Crippen molar-refractivity contribution in [1.29, 1.82) is 0 Å². The molecule has 0 amide bonds. The van der Waals surface area contributed by atoms with Gasteiger partial charge in [-0.1, -0.05) is 11.6 Å². The average molecular weight is 414 g/mol. The molecule has 0 saturated heterocycles. The van der Waals surface area contributed by atoms with Crippen molar-refractivity contribution in [2.24, 2.45) is 0 Å². The van der Waals surface area contributed by atoms with E-state index in [1.165, 1.54) is 12.1 Å². The maximum absolute atomic E-state index is 14.3. The van der Waals surface area contributed by atoms with Gasteiger partial charge in [0, 0.05) is 12.1 Å². The number of sulfonamides is 1. The van der Waals surface area contributed by atoms with Crippen molar-refractivity contribution in [3.63, 3.8) is 0 Å². The number of halogens is 4. The van der Waals surface area contributed by atoms with Crippen LogP contribution in [0, 0.1) is 17.5 Å². The Morgan fingerprint density at radius 3 is 2.19 bits per heavy atom. The molecule has 0 fully saturated rings. The first-order valence-electron chi connectivity index (χ1n) is 7.45. The maximum Gasteiger partial charge on any atom is 0.261 e. The lowest BCUT2D eigenvalue weighted by atomic mass is 10.3. The lowest BCUT2D eigenvalue weighted by Gasteiger charge is -2.11. The molecule has 0 unspecified atom stereocenters. The molecule has 3 aromatic rings. The van der Waals surface area contributed by atoms with Gasteiger partial charge < -0.3 is 4.74 Å². The molecule has 0 saturated carbocycles. The SMILES string of the molecule is O=S(=O)(Nc1ccc(Oc2cc(F)ccc2Cl)cc1F)c1ccc(F)cc1.